The highest BCUT2D eigenvalue weighted by atomic mass is 19.1. The van der Waals surface area contributed by atoms with E-state index >= 15 is 0 Å². The van der Waals surface area contributed by atoms with Gasteiger partial charge in [-0.1, -0.05) is 5.16 Å². The molecule has 0 radical (unpaired) electrons. The van der Waals surface area contributed by atoms with E-state index in [0.29, 0.717) is 22.7 Å². The molecule has 7 heteroatoms. The number of anilines is 2. The number of carbonyl (C=O) groups excluding carboxylic acids is 2. The molecule has 1 aromatic heterocycles. The Balaban J connectivity index is 2.24. The number of halogens is 1. The van der Waals surface area contributed by atoms with E-state index in [9.17, 15) is 14.0 Å². The number of benzene rings is 1. The molecule has 0 unspecified atom stereocenters. The summed E-state index contributed by atoms with van der Waals surface area (Å²) in [5.74, 6) is -0.996. The number of hydrogen-bond donors (Lipinski definition) is 2. The molecule has 21 heavy (non-hydrogen) atoms. The second-order valence-corrected chi connectivity index (χ2v) is 4.53. The molecule has 0 saturated heterocycles. The molecule has 110 valence electrons. The SMILES string of the molecule is CC(=O)Nc1cc(NC(=O)c2c(C)noc2C)ccc1F. The van der Waals surface area contributed by atoms with E-state index in [2.05, 4.69) is 15.8 Å². The van der Waals surface area contributed by atoms with Gasteiger partial charge in [-0.15, -0.1) is 0 Å². The van der Waals surface area contributed by atoms with E-state index in [0.717, 1.165) is 6.07 Å². The predicted octanol–water partition coefficient (Wildman–Crippen LogP) is 2.64. The van der Waals surface area contributed by atoms with Gasteiger partial charge in [0.15, 0.2) is 0 Å². The zero-order valence-corrected chi connectivity index (χ0v) is 11.8. The molecule has 2 N–H and O–H groups in total. The minimum absolute atomic E-state index is 0.000868. The van der Waals surface area contributed by atoms with Gasteiger partial charge in [-0.25, -0.2) is 4.39 Å². The summed E-state index contributed by atoms with van der Waals surface area (Å²) in [4.78, 5) is 23.1. The molecular formula is C14H14FN3O3. The largest absolute Gasteiger partial charge is 0.361 e. The van der Waals surface area contributed by atoms with Crippen molar-refractivity contribution in [1.29, 1.82) is 0 Å². The van der Waals surface area contributed by atoms with Crippen molar-refractivity contribution in [1.82, 2.24) is 5.16 Å². The number of nitrogens with zero attached hydrogens (tertiary/aromatic N) is 1. The van der Waals surface area contributed by atoms with Crippen LogP contribution < -0.4 is 10.6 Å². The fourth-order valence-corrected chi connectivity index (χ4v) is 1.89. The number of aromatic nitrogens is 1. The molecule has 0 bridgehead atoms. The molecule has 6 nitrogen and oxygen atoms in total. The summed E-state index contributed by atoms with van der Waals surface area (Å²) in [5, 5.41) is 8.66. The summed E-state index contributed by atoms with van der Waals surface area (Å²) in [7, 11) is 0. The molecule has 0 saturated carbocycles. The summed E-state index contributed by atoms with van der Waals surface area (Å²) in [6, 6.07) is 3.90. The highest BCUT2D eigenvalue weighted by molar-refractivity contribution is 6.06. The Morgan fingerprint density at radius 1 is 1.24 bits per heavy atom. The number of amides is 2. The third-order valence-corrected chi connectivity index (χ3v) is 2.80. The van der Waals surface area contributed by atoms with Crippen molar-refractivity contribution in [2.75, 3.05) is 10.6 Å². The van der Waals surface area contributed by atoms with Crippen LogP contribution >= 0.6 is 0 Å². The number of aryl methyl sites for hydroxylation is 2. The van der Waals surface area contributed by atoms with E-state index < -0.39 is 17.6 Å². The van der Waals surface area contributed by atoms with Crippen molar-refractivity contribution in [3.63, 3.8) is 0 Å². The monoisotopic (exact) mass is 291 g/mol. The lowest BCUT2D eigenvalue weighted by molar-refractivity contribution is -0.114. The summed E-state index contributed by atoms with van der Waals surface area (Å²) in [6.07, 6.45) is 0. The number of nitrogens with one attached hydrogen (secondary N) is 2. The van der Waals surface area contributed by atoms with Crippen LogP contribution in [0.4, 0.5) is 15.8 Å². The van der Waals surface area contributed by atoms with Crippen LogP contribution in [-0.2, 0) is 4.79 Å². The molecule has 0 atom stereocenters. The first-order chi connectivity index (χ1) is 9.88. The highest BCUT2D eigenvalue weighted by Gasteiger charge is 2.18. The summed E-state index contributed by atoms with van der Waals surface area (Å²) < 4.78 is 18.4. The maximum atomic E-state index is 13.5. The van der Waals surface area contributed by atoms with Gasteiger partial charge in [0.1, 0.15) is 17.1 Å². The summed E-state index contributed by atoms with van der Waals surface area (Å²) in [5.41, 5.74) is 1.15. The number of rotatable bonds is 3. The molecule has 0 spiro atoms. The van der Waals surface area contributed by atoms with Gasteiger partial charge in [0.2, 0.25) is 5.91 Å². The Hall–Kier alpha value is -2.70. The molecule has 2 aromatic rings. The van der Waals surface area contributed by atoms with Crippen LogP contribution in [-0.4, -0.2) is 17.0 Å². The van der Waals surface area contributed by atoms with Gasteiger partial charge in [-0.3, -0.25) is 9.59 Å². The molecule has 0 aliphatic rings. The Bertz CT molecular complexity index is 690. The molecule has 1 heterocycles. The molecule has 0 fully saturated rings. The molecule has 2 rings (SSSR count). The van der Waals surface area contributed by atoms with Crippen LogP contribution in [0.5, 0.6) is 0 Å². The topological polar surface area (TPSA) is 84.2 Å². The standard InChI is InChI=1S/C14H14FN3O3/c1-7-13(8(2)21-18-7)14(20)17-10-4-5-11(15)12(6-10)16-9(3)19/h4-6H,1-3H3,(H,16,19)(H,17,20). The Kier molecular flexibility index (Phi) is 4.02. The van der Waals surface area contributed by atoms with Crippen molar-refractivity contribution in [3.05, 3.63) is 41.0 Å². The van der Waals surface area contributed by atoms with Crippen molar-refractivity contribution >= 4 is 23.2 Å². The van der Waals surface area contributed by atoms with Crippen molar-refractivity contribution in [2.24, 2.45) is 0 Å². The number of carbonyl (C=O) groups is 2. The summed E-state index contributed by atoms with van der Waals surface area (Å²) >= 11 is 0. The zero-order valence-electron chi connectivity index (χ0n) is 11.8. The van der Waals surface area contributed by atoms with E-state index in [1.807, 2.05) is 0 Å². The fourth-order valence-electron chi connectivity index (χ4n) is 1.89. The molecule has 0 aliphatic heterocycles. The van der Waals surface area contributed by atoms with Crippen molar-refractivity contribution in [3.8, 4) is 0 Å². The molecule has 1 aromatic carbocycles. The van der Waals surface area contributed by atoms with Crippen LogP contribution in [0.25, 0.3) is 0 Å². The van der Waals surface area contributed by atoms with E-state index in [1.165, 1.54) is 19.1 Å². The van der Waals surface area contributed by atoms with Crippen LogP contribution in [0.1, 0.15) is 28.7 Å². The van der Waals surface area contributed by atoms with Crippen molar-refractivity contribution < 1.29 is 18.5 Å². The molecule has 2 amide bonds. The highest BCUT2D eigenvalue weighted by Crippen LogP contribution is 2.21. The van der Waals surface area contributed by atoms with Gasteiger partial charge in [-0.05, 0) is 32.0 Å². The maximum absolute atomic E-state index is 13.5. The zero-order chi connectivity index (χ0) is 15.6. The maximum Gasteiger partial charge on any atom is 0.261 e. The third-order valence-electron chi connectivity index (χ3n) is 2.80. The Morgan fingerprint density at radius 3 is 2.52 bits per heavy atom. The van der Waals surface area contributed by atoms with Gasteiger partial charge in [0, 0.05) is 12.6 Å². The van der Waals surface area contributed by atoms with Gasteiger partial charge in [0.05, 0.1) is 11.4 Å². The van der Waals surface area contributed by atoms with Crippen LogP contribution in [0.3, 0.4) is 0 Å². The average Bonchev–Trinajstić information content (AvgIpc) is 2.72. The first-order valence-electron chi connectivity index (χ1n) is 6.20. The molecule has 0 aliphatic carbocycles. The van der Waals surface area contributed by atoms with Gasteiger partial charge >= 0.3 is 0 Å². The first-order valence-corrected chi connectivity index (χ1v) is 6.20. The number of hydrogen-bond acceptors (Lipinski definition) is 4. The molecular weight excluding hydrogens is 277 g/mol. The van der Waals surface area contributed by atoms with Crippen LogP contribution in [0.15, 0.2) is 22.7 Å². The van der Waals surface area contributed by atoms with Crippen LogP contribution in [0.2, 0.25) is 0 Å². The smallest absolute Gasteiger partial charge is 0.261 e. The lowest BCUT2D eigenvalue weighted by Crippen LogP contribution is -2.14. The first kappa shape index (κ1) is 14.7. The lowest BCUT2D eigenvalue weighted by Gasteiger charge is -2.08. The quantitative estimate of drug-likeness (QED) is 0.910. The second-order valence-electron chi connectivity index (χ2n) is 4.53. The van der Waals surface area contributed by atoms with Gasteiger partial charge in [-0.2, -0.15) is 0 Å². The van der Waals surface area contributed by atoms with E-state index in [4.69, 9.17) is 4.52 Å². The second kappa shape index (κ2) is 5.74. The third kappa shape index (κ3) is 3.25. The fraction of sp³-hybridized carbons (Fsp3) is 0.214. The normalized spacial score (nSPS) is 10.3. The minimum atomic E-state index is -0.583. The average molecular weight is 291 g/mol. The Morgan fingerprint density at radius 2 is 1.95 bits per heavy atom. The minimum Gasteiger partial charge on any atom is -0.361 e. The predicted molar refractivity (Wildman–Crippen MR) is 74.6 cm³/mol. The Labute approximate surface area is 120 Å². The van der Waals surface area contributed by atoms with E-state index in [1.54, 1.807) is 13.8 Å². The van der Waals surface area contributed by atoms with Crippen molar-refractivity contribution in [2.45, 2.75) is 20.8 Å². The summed E-state index contributed by atoms with van der Waals surface area (Å²) in [6.45, 7) is 4.55. The van der Waals surface area contributed by atoms with Gasteiger partial charge in [0.25, 0.3) is 5.91 Å². The lowest BCUT2D eigenvalue weighted by atomic mass is 10.2. The van der Waals surface area contributed by atoms with Gasteiger partial charge < -0.3 is 15.2 Å². The van der Waals surface area contributed by atoms with E-state index in [-0.39, 0.29) is 5.69 Å². The van der Waals surface area contributed by atoms with Crippen LogP contribution in [0, 0.1) is 19.7 Å².